The number of thioether (sulfide) groups is 1. The number of hydrogen-bond donors (Lipinski definition) is 0. The van der Waals surface area contributed by atoms with Gasteiger partial charge in [0.05, 0.1) is 7.11 Å². The van der Waals surface area contributed by atoms with E-state index in [4.69, 9.17) is 9.47 Å². The molecule has 2 fully saturated rings. The first-order chi connectivity index (χ1) is 7.09. The first-order valence-electron chi connectivity index (χ1n) is 5.45. The standard InChI is InChI=1S/C11H18O3S/c1-8(2)11(9(12)13-3)10(14-11)4-6-15-7-5-10/h8H,4-7H2,1-3H3. The van der Waals surface area contributed by atoms with Crippen molar-refractivity contribution in [3.8, 4) is 0 Å². The Morgan fingerprint density at radius 3 is 2.47 bits per heavy atom. The molecule has 86 valence electrons. The molecule has 4 heteroatoms. The van der Waals surface area contributed by atoms with Gasteiger partial charge in [0.15, 0.2) is 5.60 Å². The summed E-state index contributed by atoms with van der Waals surface area (Å²) in [6.07, 6.45) is 1.95. The Kier molecular flexibility index (Phi) is 2.75. The molecule has 0 radical (unpaired) electrons. The molecule has 2 aliphatic heterocycles. The van der Waals surface area contributed by atoms with E-state index in [9.17, 15) is 4.79 Å². The molecule has 15 heavy (non-hydrogen) atoms. The maximum absolute atomic E-state index is 11.9. The van der Waals surface area contributed by atoms with Gasteiger partial charge in [-0.2, -0.15) is 11.8 Å². The quantitative estimate of drug-likeness (QED) is 0.536. The lowest BCUT2D eigenvalue weighted by molar-refractivity contribution is -0.148. The van der Waals surface area contributed by atoms with E-state index >= 15 is 0 Å². The predicted octanol–water partition coefficient (Wildman–Crippen LogP) is 1.85. The Balaban J connectivity index is 2.21. The van der Waals surface area contributed by atoms with Crippen LogP contribution in [0.4, 0.5) is 0 Å². The summed E-state index contributed by atoms with van der Waals surface area (Å²) in [4.78, 5) is 11.9. The fourth-order valence-corrected chi connectivity index (χ4v) is 3.87. The number of carbonyl (C=O) groups is 1. The predicted molar refractivity (Wildman–Crippen MR) is 60.0 cm³/mol. The third-order valence-corrected chi connectivity index (χ3v) is 4.58. The molecule has 0 aromatic rings. The van der Waals surface area contributed by atoms with E-state index in [1.54, 1.807) is 0 Å². The lowest BCUT2D eigenvalue weighted by Crippen LogP contribution is -2.41. The second-order valence-electron chi connectivity index (χ2n) is 4.59. The van der Waals surface area contributed by atoms with Crippen LogP contribution in [0.1, 0.15) is 26.7 Å². The van der Waals surface area contributed by atoms with Crippen molar-refractivity contribution in [2.24, 2.45) is 5.92 Å². The van der Waals surface area contributed by atoms with Crippen LogP contribution in [0.2, 0.25) is 0 Å². The van der Waals surface area contributed by atoms with Crippen molar-refractivity contribution in [2.45, 2.75) is 37.9 Å². The number of hydrogen-bond acceptors (Lipinski definition) is 4. The number of methoxy groups -OCH3 is 1. The van der Waals surface area contributed by atoms with Crippen LogP contribution in [0.5, 0.6) is 0 Å². The molecule has 0 N–H and O–H groups in total. The Bertz CT molecular complexity index is 271. The molecule has 0 saturated carbocycles. The average Bonchev–Trinajstić information content (AvgIpc) is 2.88. The van der Waals surface area contributed by atoms with Crippen LogP contribution in [0.3, 0.4) is 0 Å². The third kappa shape index (κ3) is 1.41. The molecule has 2 saturated heterocycles. The SMILES string of the molecule is COC(=O)C1(C(C)C)OC12CCSCC2. The fourth-order valence-electron chi connectivity index (χ4n) is 2.72. The number of carbonyl (C=O) groups excluding carboxylic acids is 1. The number of ether oxygens (including phenoxy) is 2. The summed E-state index contributed by atoms with van der Waals surface area (Å²) in [6, 6.07) is 0. The van der Waals surface area contributed by atoms with Crippen LogP contribution in [0.25, 0.3) is 0 Å². The largest absolute Gasteiger partial charge is 0.467 e. The van der Waals surface area contributed by atoms with Gasteiger partial charge in [0.25, 0.3) is 0 Å². The van der Waals surface area contributed by atoms with E-state index < -0.39 is 5.60 Å². The Morgan fingerprint density at radius 2 is 2.00 bits per heavy atom. The van der Waals surface area contributed by atoms with E-state index in [2.05, 4.69) is 0 Å². The van der Waals surface area contributed by atoms with Gasteiger partial charge in [0, 0.05) is 0 Å². The highest BCUT2D eigenvalue weighted by atomic mass is 32.2. The lowest BCUT2D eigenvalue weighted by atomic mass is 9.80. The highest BCUT2D eigenvalue weighted by Crippen LogP contribution is 2.59. The summed E-state index contributed by atoms with van der Waals surface area (Å²) in [7, 11) is 1.44. The Morgan fingerprint density at radius 1 is 1.40 bits per heavy atom. The summed E-state index contributed by atoms with van der Waals surface area (Å²) < 4.78 is 10.8. The highest BCUT2D eigenvalue weighted by molar-refractivity contribution is 7.99. The minimum absolute atomic E-state index is 0.188. The van der Waals surface area contributed by atoms with Crippen LogP contribution in [0.15, 0.2) is 0 Å². The fraction of sp³-hybridized carbons (Fsp3) is 0.909. The van der Waals surface area contributed by atoms with Crippen molar-refractivity contribution >= 4 is 17.7 Å². The molecule has 2 aliphatic rings. The van der Waals surface area contributed by atoms with Crippen LogP contribution >= 0.6 is 11.8 Å². The third-order valence-electron chi connectivity index (χ3n) is 3.59. The van der Waals surface area contributed by atoms with Crippen LogP contribution in [-0.2, 0) is 14.3 Å². The lowest BCUT2D eigenvalue weighted by Gasteiger charge is -2.24. The van der Waals surface area contributed by atoms with Crippen LogP contribution in [-0.4, -0.2) is 35.8 Å². The van der Waals surface area contributed by atoms with Crippen molar-refractivity contribution in [2.75, 3.05) is 18.6 Å². The monoisotopic (exact) mass is 230 g/mol. The number of rotatable bonds is 2. The molecule has 2 heterocycles. The van der Waals surface area contributed by atoms with Crippen LogP contribution in [0, 0.1) is 5.92 Å². The molecule has 0 bridgehead atoms. The average molecular weight is 230 g/mol. The molecule has 0 aliphatic carbocycles. The van der Waals surface area contributed by atoms with E-state index in [0.29, 0.717) is 0 Å². The zero-order valence-corrected chi connectivity index (χ0v) is 10.4. The van der Waals surface area contributed by atoms with E-state index in [0.717, 1.165) is 24.3 Å². The number of esters is 1. The van der Waals surface area contributed by atoms with Crippen molar-refractivity contribution in [1.82, 2.24) is 0 Å². The zero-order valence-electron chi connectivity index (χ0n) is 9.54. The Labute approximate surface area is 94.9 Å². The normalized spacial score (nSPS) is 33.1. The molecule has 0 amide bonds. The first-order valence-corrected chi connectivity index (χ1v) is 6.61. The van der Waals surface area contributed by atoms with Gasteiger partial charge in [-0.1, -0.05) is 13.8 Å². The van der Waals surface area contributed by atoms with Gasteiger partial charge in [-0.05, 0) is 30.3 Å². The molecule has 3 nitrogen and oxygen atoms in total. The molecule has 0 aromatic carbocycles. The summed E-state index contributed by atoms with van der Waals surface area (Å²) >= 11 is 1.94. The maximum atomic E-state index is 11.9. The molecule has 1 spiro atoms. The summed E-state index contributed by atoms with van der Waals surface area (Å²) in [5.41, 5.74) is -0.859. The van der Waals surface area contributed by atoms with Crippen molar-refractivity contribution in [3.05, 3.63) is 0 Å². The van der Waals surface area contributed by atoms with Crippen molar-refractivity contribution in [3.63, 3.8) is 0 Å². The van der Waals surface area contributed by atoms with Crippen molar-refractivity contribution < 1.29 is 14.3 Å². The maximum Gasteiger partial charge on any atom is 0.341 e. The van der Waals surface area contributed by atoms with Gasteiger partial charge in [0.2, 0.25) is 0 Å². The van der Waals surface area contributed by atoms with E-state index in [1.807, 2.05) is 25.6 Å². The summed E-state index contributed by atoms with van der Waals surface area (Å²) in [5, 5.41) is 0. The molecule has 1 atom stereocenters. The summed E-state index contributed by atoms with van der Waals surface area (Å²) in [5.74, 6) is 2.18. The molecular weight excluding hydrogens is 212 g/mol. The number of epoxide rings is 1. The van der Waals surface area contributed by atoms with E-state index in [-0.39, 0.29) is 17.5 Å². The molecular formula is C11H18O3S. The smallest absolute Gasteiger partial charge is 0.341 e. The Hall–Kier alpha value is -0.220. The summed E-state index contributed by atoms with van der Waals surface area (Å²) in [6.45, 7) is 4.07. The first kappa shape index (κ1) is 11.3. The zero-order chi connectivity index (χ0) is 11.1. The second-order valence-corrected chi connectivity index (χ2v) is 5.82. The van der Waals surface area contributed by atoms with Crippen molar-refractivity contribution in [1.29, 1.82) is 0 Å². The van der Waals surface area contributed by atoms with Gasteiger partial charge >= 0.3 is 5.97 Å². The van der Waals surface area contributed by atoms with Gasteiger partial charge < -0.3 is 9.47 Å². The van der Waals surface area contributed by atoms with E-state index in [1.165, 1.54) is 7.11 Å². The molecule has 1 unspecified atom stereocenters. The minimum atomic E-state index is -0.650. The second kappa shape index (κ2) is 3.67. The molecule has 2 rings (SSSR count). The molecule has 0 aromatic heterocycles. The van der Waals surface area contributed by atoms with Gasteiger partial charge in [-0.15, -0.1) is 0 Å². The van der Waals surface area contributed by atoms with Crippen LogP contribution < -0.4 is 0 Å². The topological polar surface area (TPSA) is 38.8 Å². The van der Waals surface area contributed by atoms with Gasteiger partial charge in [0.1, 0.15) is 5.60 Å². The van der Waals surface area contributed by atoms with Gasteiger partial charge in [-0.25, -0.2) is 4.79 Å². The minimum Gasteiger partial charge on any atom is -0.467 e. The van der Waals surface area contributed by atoms with Gasteiger partial charge in [-0.3, -0.25) is 0 Å². The highest BCUT2D eigenvalue weighted by Gasteiger charge is 2.76.